The van der Waals surface area contributed by atoms with Gasteiger partial charge in [0.1, 0.15) is 23.3 Å². The number of rotatable bonds is 8. The van der Waals surface area contributed by atoms with Crippen LogP contribution in [0.1, 0.15) is 12.5 Å². The van der Waals surface area contributed by atoms with Gasteiger partial charge in [-0.25, -0.2) is 0 Å². The molecule has 0 spiro atoms. The molecular formula is C21H21NO4S2. The van der Waals surface area contributed by atoms with Gasteiger partial charge in [-0.2, -0.15) is 0 Å². The molecule has 2 aromatic rings. The molecule has 0 aromatic heterocycles. The normalized spacial score (nSPS) is 15.2. The average molecular weight is 416 g/mol. The van der Waals surface area contributed by atoms with Crippen molar-refractivity contribution >= 4 is 40.3 Å². The van der Waals surface area contributed by atoms with E-state index in [4.69, 9.17) is 26.4 Å². The molecule has 28 heavy (non-hydrogen) atoms. The number of nitrogens with zero attached hydrogens (tertiary/aromatic N) is 1. The van der Waals surface area contributed by atoms with Crippen molar-refractivity contribution in [1.29, 1.82) is 0 Å². The summed E-state index contributed by atoms with van der Waals surface area (Å²) in [5.41, 5.74) is 0.852. The lowest BCUT2D eigenvalue weighted by Crippen LogP contribution is -2.22. The fourth-order valence-corrected chi connectivity index (χ4v) is 3.71. The Morgan fingerprint density at radius 1 is 1.04 bits per heavy atom. The first-order chi connectivity index (χ1) is 13.6. The van der Waals surface area contributed by atoms with Crippen LogP contribution in [-0.4, -0.2) is 42.0 Å². The predicted molar refractivity (Wildman–Crippen MR) is 116 cm³/mol. The highest BCUT2D eigenvalue weighted by Crippen LogP contribution is 2.34. The average Bonchev–Trinajstić information content (AvgIpc) is 2.94. The second kappa shape index (κ2) is 9.61. The van der Waals surface area contributed by atoms with Gasteiger partial charge in [-0.3, -0.25) is 9.69 Å². The summed E-state index contributed by atoms with van der Waals surface area (Å²) in [5.74, 6) is 1.98. The van der Waals surface area contributed by atoms with E-state index in [1.807, 2.05) is 61.5 Å². The molecule has 1 saturated heterocycles. The topological polar surface area (TPSA) is 48.0 Å². The molecule has 0 atom stereocenters. The largest absolute Gasteiger partial charge is 0.490 e. The van der Waals surface area contributed by atoms with Gasteiger partial charge in [0.2, 0.25) is 0 Å². The molecule has 5 nitrogen and oxygen atoms in total. The Bertz CT molecular complexity index is 883. The molecular weight excluding hydrogens is 394 g/mol. The second-order valence-electron chi connectivity index (χ2n) is 5.89. The molecule has 0 unspecified atom stereocenters. The molecule has 7 heteroatoms. The number of thiocarbonyl (C=S) groups is 1. The van der Waals surface area contributed by atoms with Crippen LogP contribution >= 0.6 is 24.0 Å². The molecule has 0 aliphatic carbocycles. The maximum Gasteiger partial charge on any atom is 0.265 e. The highest BCUT2D eigenvalue weighted by molar-refractivity contribution is 8.26. The van der Waals surface area contributed by atoms with Crippen LogP contribution in [0.2, 0.25) is 0 Å². The van der Waals surface area contributed by atoms with Gasteiger partial charge < -0.3 is 14.2 Å². The van der Waals surface area contributed by atoms with Gasteiger partial charge in [-0.15, -0.1) is 0 Å². The van der Waals surface area contributed by atoms with Gasteiger partial charge in [0.05, 0.1) is 11.5 Å². The van der Waals surface area contributed by atoms with E-state index in [9.17, 15) is 4.79 Å². The Labute approximate surface area is 174 Å². The number of likely N-dealkylation sites (N-methyl/N-ethyl adjacent to an activating group) is 1. The van der Waals surface area contributed by atoms with E-state index in [0.29, 0.717) is 40.5 Å². The number of carbonyl (C=O) groups excluding carboxylic acids is 1. The fourth-order valence-electron chi connectivity index (χ4n) is 2.53. The minimum atomic E-state index is -0.0913. The molecule has 1 aliphatic rings. The van der Waals surface area contributed by atoms with E-state index in [-0.39, 0.29) is 5.91 Å². The first-order valence-corrected chi connectivity index (χ1v) is 10.1. The number of para-hydroxylation sites is 1. The minimum Gasteiger partial charge on any atom is -0.490 e. The van der Waals surface area contributed by atoms with Crippen molar-refractivity contribution in [2.45, 2.75) is 6.92 Å². The summed E-state index contributed by atoms with van der Waals surface area (Å²) in [6, 6.07) is 15.2. The highest BCUT2D eigenvalue weighted by Gasteiger charge is 2.28. The molecule has 1 fully saturated rings. The monoisotopic (exact) mass is 415 g/mol. The standard InChI is InChI=1S/C21H21NO4S2/c1-3-24-18-13-15(14-19-20(23)22(2)21(27)28-19)9-10-17(18)26-12-11-25-16-7-5-4-6-8-16/h4-10,13-14H,3,11-12H2,1-2H3/b19-14+. The van der Waals surface area contributed by atoms with E-state index in [0.717, 1.165) is 11.3 Å². The summed E-state index contributed by atoms with van der Waals surface area (Å²) >= 11 is 6.46. The number of carbonyl (C=O) groups is 1. The molecule has 3 rings (SSSR count). The SMILES string of the molecule is CCOc1cc(/C=C2/SC(=S)N(C)C2=O)ccc1OCCOc1ccccc1. The Morgan fingerprint density at radius 2 is 1.79 bits per heavy atom. The van der Waals surface area contributed by atoms with Crippen LogP contribution in [0.4, 0.5) is 0 Å². The minimum absolute atomic E-state index is 0.0913. The fraction of sp³-hybridized carbons (Fsp3) is 0.238. The van der Waals surface area contributed by atoms with Crippen LogP contribution in [0, 0.1) is 0 Å². The smallest absolute Gasteiger partial charge is 0.265 e. The predicted octanol–water partition coefficient (Wildman–Crippen LogP) is 4.37. The van der Waals surface area contributed by atoms with Crippen molar-refractivity contribution in [1.82, 2.24) is 4.90 Å². The highest BCUT2D eigenvalue weighted by atomic mass is 32.2. The van der Waals surface area contributed by atoms with Crippen LogP contribution in [0.5, 0.6) is 17.2 Å². The van der Waals surface area contributed by atoms with E-state index in [1.54, 1.807) is 7.05 Å². The zero-order valence-corrected chi connectivity index (χ0v) is 17.3. The molecule has 0 bridgehead atoms. The first-order valence-electron chi connectivity index (χ1n) is 8.87. The zero-order chi connectivity index (χ0) is 19.9. The Hall–Kier alpha value is -2.51. The van der Waals surface area contributed by atoms with E-state index in [1.165, 1.54) is 16.7 Å². The van der Waals surface area contributed by atoms with Crippen LogP contribution in [0.25, 0.3) is 6.08 Å². The summed E-state index contributed by atoms with van der Waals surface area (Å²) in [4.78, 5) is 14.2. The van der Waals surface area contributed by atoms with Crippen LogP contribution in [0.3, 0.4) is 0 Å². The molecule has 1 aliphatic heterocycles. The van der Waals surface area contributed by atoms with Crippen molar-refractivity contribution in [2.75, 3.05) is 26.9 Å². The van der Waals surface area contributed by atoms with E-state index in [2.05, 4.69) is 0 Å². The van der Waals surface area contributed by atoms with Crippen LogP contribution < -0.4 is 14.2 Å². The lowest BCUT2D eigenvalue weighted by molar-refractivity contribution is -0.121. The molecule has 0 N–H and O–H groups in total. The summed E-state index contributed by atoms with van der Waals surface area (Å²) in [6.07, 6.45) is 1.81. The van der Waals surface area contributed by atoms with Gasteiger partial charge in [-0.1, -0.05) is 48.2 Å². The molecule has 0 saturated carbocycles. The van der Waals surface area contributed by atoms with E-state index < -0.39 is 0 Å². The lowest BCUT2D eigenvalue weighted by atomic mass is 10.2. The Balaban J connectivity index is 1.65. The summed E-state index contributed by atoms with van der Waals surface area (Å²) < 4.78 is 17.7. The second-order valence-corrected chi connectivity index (χ2v) is 7.57. The zero-order valence-electron chi connectivity index (χ0n) is 15.7. The molecule has 2 aromatic carbocycles. The van der Waals surface area contributed by atoms with Crippen molar-refractivity contribution in [3.63, 3.8) is 0 Å². The van der Waals surface area contributed by atoms with Gasteiger partial charge >= 0.3 is 0 Å². The third kappa shape index (κ3) is 5.05. The molecule has 1 amide bonds. The quantitative estimate of drug-likeness (QED) is 0.362. The number of benzene rings is 2. The van der Waals surface area contributed by atoms with Gasteiger partial charge in [0, 0.05) is 7.05 Å². The number of hydrogen-bond donors (Lipinski definition) is 0. The van der Waals surface area contributed by atoms with Crippen molar-refractivity contribution < 1.29 is 19.0 Å². The molecule has 0 radical (unpaired) electrons. The van der Waals surface area contributed by atoms with Gasteiger partial charge in [0.15, 0.2) is 11.5 Å². The van der Waals surface area contributed by atoms with Crippen molar-refractivity contribution in [3.8, 4) is 17.2 Å². The summed E-state index contributed by atoms with van der Waals surface area (Å²) in [7, 11) is 1.68. The molecule has 1 heterocycles. The maximum atomic E-state index is 12.2. The summed E-state index contributed by atoms with van der Waals surface area (Å²) in [6.45, 7) is 3.24. The van der Waals surface area contributed by atoms with E-state index >= 15 is 0 Å². The number of hydrogen-bond acceptors (Lipinski definition) is 6. The van der Waals surface area contributed by atoms with Crippen LogP contribution in [0.15, 0.2) is 53.4 Å². The lowest BCUT2D eigenvalue weighted by Gasteiger charge is -2.13. The number of ether oxygens (including phenoxy) is 3. The third-order valence-corrected chi connectivity index (χ3v) is 5.39. The van der Waals surface area contributed by atoms with Crippen LogP contribution in [-0.2, 0) is 4.79 Å². The van der Waals surface area contributed by atoms with Gasteiger partial charge in [-0.05, 0) is 42.8 Å². The Kier molecular flexibility index (Phi) is 6.95. The van der Waals surface area contributed by atoms with Gasteiger partial charge in [0.25, 0.3) is 5.91 Å². The third-order valence-electron chi connectivity index (χ3n) is 3.90. The number of thioether (sulfide) groups is 1. The first kappa shape index (κ1) is 20.2. The van der Waals surface area contributed by atoms with Crippen molar-refractivity contribution in [2.24, 2.45) is 0 Å². The summed E-state index contributed by atoms with van der Waals surface area (Å²) in [5, 5.41) is 0. The maximum absolute atomic E-state index is 12.2. The Morgan fingerprint density at radius 3 is 2.46 bits per heavy atom. The molecule has 146 valence electrons. The number of amides is 1. The van der Waals surface area contributed by atoms with Crippen molar-refractivity contribution in [3.05, 3.63) is 59.0 Å².